The van der Waals surface area contributed by atoms with Crippen LogP contribution in [0.4, 0.5) is 0 Å². The first kappa shape index (κ1) is 11.7. The van der Waals surface area contributed by atoms with Gasteiger partial charge in [0, 0.05) is 26.1 Å². The Balaban J connectivity index is 1.85. The predicted molar refractivity (Wildman–Crippen MR) is 56.3 cm³/mol. The number of likely N-dealkylation sites (N-methyl/N-ethyl adjacent to an activating group) is 1. The Morgan fingerprint density at radius 1 is 1.43 bits per heavy atom. The van der Waals surface area contributed by atoms with E-state index in [1.54, 1.807) is 6.92 Å². The molecule has 1 rings (SSSR count). The standard InChI is InChI=1S/C11H21NO2/c1-10(13)5-6-12(2)7-8-14-9-11-3-4-11/h11H,3-9H2,1-2H3. The summed E-state index contributed by atoms with van der Waals surface area (Å²) in [5, 5.41) is 0. The number of rotatable bonds is 8. The number of ether oxygens (including phenoxy) is 1. The summed E-state index contributed by atoms with van der Waals surface area (Å²) >= 11 is 0. The highest BCUT2D eigenvalue weighted by Gasteiger charge is 2.20. The molecule has 1 aliphatic carbocycles. The Labute approximate surface area is 86.4 Å². The predicted octanol–water partition coefficient (Wildman–Crippen LogP) is 1.32. The first-order valence-electron chi connectivity index (χ1n) is 5.44. The Bertz CT molecular complexity index is 178. The van der Waals surface area contributed by atoms with E-state index >= 15 is 0 Å². The molecule has 0 radical (unpaired) electrons. The van der Waals surface area contributed by atoms with Crippen LogP contribution in [-0.2, 0) is 9.53 Å². The van der Waals surface area contributed by atoms with E-state index in [0.29, 0.717) is 6.42 Å². The van der Waals surface area contributed by atoms with Gasteiger partial charge in [0.2, 0.25) is 0 Å². The molecule has 82 valence electrons. The molecule has 0 aliphatic heterocycles. The van der Waals surface area contributed by atoms with Crippen molar-refractivity contribution in [2.45, 2.75) is 26.2 Å². The second-order valence-electron chi connectivity index (χ2n) is 4.27. The number of nitrogens with zero attached hydrogens (tertiary/aromatic N) is 1. The van der Waals surface area contributed by atoms with Gasteiger partial charge in [0.15, 0.2) is 0 Å². The first-order valence-corrected chi connectivity index (χ1v) is 5.44. The summed E-state index contributed by atoms with van der Waals surface area (Å²) in [6.07, 6.45) is 3.35. The van der Waals surface area contributed by atoms with Crippen LogP contribution in [-0.4, -0.2) is 44.0 Å². The Hall–Kier alpha value is -0.410. The van der Waals surface area contributed by atoms with Crippen molar-refractivity contribution < 1.29 is 9.53 Å². The average Bonchev–Trinajstić information content (AvgIpc) is 2.92. The number of ketones is 1. The van der Waals surface area contributed by atoms with E-state index < -0.39 is 0 Å². The van der Waals surface area contributed by atoms with Crippen LogP contribution in [0.25, 0.3) is 0 Å². The molecular formula is C11H21NO2. The summed E-state index contributed by atoms with van der Waals surface area (Å²) < 4.78 is 5.51. The van der Waals surface area contributed by atoms with Crippen LogP contribution in [0.15, 0.2) is 0 Å². The summed E-state index contributed by atoms with van der Waals surface area (Å²) in [4.78, 5) is 12.9. The van der Waals surface area contributed by atoms with Gasteiger partial charge in [-0.25, -0.2) is 0 Å². The van der Waals surface area contributed by atoms with E-state index in [0.717, 1.165) is 32.2 Å². The van der Waals surface area contributed by atoms with Gasteiger partial charge in [-0.2, -0.15) is 0 Å². The summed E-state index contributed by atoms with van der Waals surface area (Å²) in [6, 6.07) is 0. The van der Waals surface area contributed by atoms with Crippen LogP contribution < -0.4 is 0 Å². The minimum Gasteiger partial charge on any atom is -0.380 e. The van der Waals surface area contributed by atoms with E-state index in [-0.39, 0.29) is 5.78 Å². The summed E-state index contributed by atoms with van der Waals surface area (Å²) in [5.41, 5.74) is 0. The third kappa shape index (κ3) is 6.11. The number of hydrogen-bond acceptors (Lipinski definition) is 3. The third-order valence-corrected chi connectivity index (χ3v) is 2.51. The zero-order chi connectivity index (χ0) is 10.4. The molecule has 0 bridgehead atoms. The van der Waals surface area contributed by atoms with Crippen molar-refractivity contribution in [1.82, 2.24) is 4.90 Å². The second-order valence-corrected chi connectivity index (χ2v) is 4.27. The van der Waals surface area contributed by atoms with E-state index in [1.807, 2.05) is 7.05 Å². The average molecular weight is 199 g/mol. The maximum Gasteiger partial charge on any atom is 0.131 e. The molecule has 1 fully saturated rings. The van der Waals surface area contributed by atoms with Gasteiger partial charge in [-0.1, -0.05) is 0 Å². The highest BCUT2D eigenvalue weighted by molar-refractivity contribution is 5.75. The number of carbonyl (C=O) groups is 1. The molecule has 0 spiro atoms. The summed E-state index contributed by atoms with van der Waals surface area (Å²) in [7, 11) is 2.03. The van der Waals surface area contributed by atoms with Crippen molar-refractivity contribution >= 4 is 5.78 Å². The van der Waals surface area contributed by atoms with Crippen LogP contribution in [0.3, 0.4) is 0 Å². The third-order valence-electron chi connectivity index (χ3n) is 2.51. The van der Waals surface area contributed by atoms with Gasteiger partial charge < -0.3 is 9.64 Å². The Kier molecular flexibility index (Phi) is 5.12. The quantitative estimate of drug-likeness (QED) is 0.552. The molecular weight excluding hydrogens is 178 g/mol. The van der Waals surface area contributed by atoms with Gasteiger partial charge in [0.1, 0.15) is 5.78 Å². The fraction of sp³-hybridized carbons (Fsp3) is 0.909. The topological polar surface area (TPSA) is 29.5 Å². The fourth-order valence-electron chi connectivity index (χ4n) is 1.22. The molecule has 0 aromatic rings. The number of Topliss-reactive ketones (excluding diaryl/α,β-unsaturated/α-hetero) is 1. The maximum atomic E-state index is 10.7. The molecule has 0 heterocycles. The van der Waals surface area contributed by atoms with E-state index in [1.165, 1.54) is 12.8 Å². The molecule has 0 N–H and O–H groups in total. The smallest absolute Gasteiger partial charge is 0.131 e. The van der Waals surface area contributed by atoms with Crippen LogP contribution in [0, 0.1) is 5.92 Å². The highest BCUT2D eigenvalue weighted by Crippen LogP contribution is 2.28. The molecule has 3 heteroatoms. The van der Waals surface area contributed by atoms with Crippen LogP contribution in [0.1, 0.15) is 26.2 Å². The molecule has 0 aromatic heterocycles. The lowest BCUT2D eigenvalue weighted by Gasteiger charge is -2.15. The molecule has 1 saturated carbocycles. The second kappa shape index (κ2) is 6.14. The highest BCUT2D eigenvalue weighted by atomic mass is 16.5. The van der Waals surface area contributed by atoms with Crippen molar-refractivity contribution in [2.75, 3.05) is 33.4 Å². The largest absolute Gasteiger partial charge is 0.380 e. The van der Waals surface area contributed by atoms with Crippen molar-refractivity contribution in [1.29, 1.82) is 0 Å². The van der Waals surface area contributed by atoms with E-state index in [9.17, 15) is 4.79 Å². The maximum absolute atomic E-state index is 10.7. The lowest BCUT2D eigenvalue weighted by atomic mass is 10.3. The van der Waals surface area contributed by atoms with Crippen LogP contribution in [0.5, 0.6) is 0 Å². The lowest BCUT2D eigenvalue weighted by Crippen LogP contribution is -2.25. The zero-order valence-electron chi connectivity index (χ0n) is 9.29. The lowest BCUT2D eigenvalue weighted by molar-refractivity contribution is -0.117. The molecule has 1 aliphatic rings. The van der Waals surface area contributed by atoms with Gasteiger partial charge in [-0.3, -0.25) is 4.79 Å². The van der Waals surface area contributed by atoms with Gasteiger partial charge in [-0.15, -0.1) is 0 Å². The van der Waals surface area contributed by atoms with Crippen molar-refractivity contribution in [3.63, 3.8) is 0 Å². The van der Waals surface area contributed by atoms with Gasteiger partial charge >= 0.3 is 0 Å². The molecule has 14 heavy (non-hydrogen) atoms. The molecule has 0 atom stereocenters. The first-order chi connectivity index (χ1) is 6.68. The van der Waals surface area contributed by atoms with Crippen molar-refractivity contribution in [3.05, 3.63) is 0 Å². The Morgan fingerprint density at radius 3 is 2.71 bits per heavy atom. The summed E-state index contributed by atoms with van der Waals surface area (Å²) in [5.74, 6) is 1.10. The summed E-state index contributed by atoms with van der Waals surface area (Å²) in [6.45, 7) is 5.14. The monoisotopic (exact) mass is 199 g/mol. The van der Waals surface area contributed by atoms with Crippen molar-refractivity contribution in [2.24, 2.45) is 5.92 Å². The van der Waals surface area contributed by atoms with E-state index in [4.69, 9.17) is 4.74 Å². The normalized spacial score (nSPS) is 16.2. The number of carbonyl (C=O) groups excluding carboxylic acids is 1. The minimum atomic E-state index is 0.260. The van der Waals surface area contributed by atoms with Crippen molar-refractivity contribution in [3.8, 4) is 0 Å². The van der Waals surface area contributed by atoms with Crippen LogP contribution >= 0.6 is 0 Å². The minimum absolute atomic E-state index is 0.260. The Morgan fingerprint density at radius 2 is 2.14 bits per heavy atom. The van der Waals surface area contributed by atoms with Gasteiger partial charge in [-0.05, 0) is 32.7 Å². The van der Waals surface area contributed by atoms with E-state index in [2.05, 4.69) is 4.90 Å². The molecule has 3 nitrogen and oxygen atoms in total. The molecule has 0 saturated heterocycles. The molecule has 0 aromatic carbocycles. The van der Waals surface area contributed by atoms with Crippen LogP contribution in [0.2, 0.25) is 0 Å². The van der Waals surface area contributed by atoms with Gasteiger partial charge in [0.25, 0.3) is 0 Å². The van der Waals surface area contributed by atoms with Gasteiger partial charge in [0.05, 0.1) is 6.61 Å². The number of hydrogen-bond donors (Lipinski definition) is 0. The molecule has 0 unspecified atom stereocenters. The fourth-order valence-corrected chi connectivity index (χ4v) is 1.22. The SMILES string of the molecule is CC(=O)CCN(C)CCOCC1CC1. The molecule has 0 amide bonds. The zero-order valence-corrected chi connectivity index (χ0v) is 9.29.